The first kappa shape index (κ1) is 34.9. The lowest BCUT2D eigenvalue weighted by atomic mass is 10.1. The van der Waals surface area contributed by atoms with Gasteiger partial charge in [0.05, 0.1) is 43.2 Å². The van der Waals surface area contributed by atoms with Crippen molar-refractivity contribution in [2.75, 3.05) is 26.4 Å². The molecule has 0 unspecified atom stereocenters. The first-order valence-electron chi connectivity index (χ1n) is 12.6. The van der Waals surface area contributed by atoms with Gasteiger partial charge in [-0.05, 0) is 73.4 Å². The number of nitrogens with two attached hydrogens (primary N) is 1. The van der Waals surface area contributed by atoms with Gasteiger partial charge in [-0.3, -0.25) is 4.79 Å². The van der Waals surface area contributed by atoms with Crippen LogP contribution in [0.4, 0.5) is 0 Å². The number of H-pyrrole nitrogens is 1. The minimum Gasteiger partial charge on any atom is -0.478 e. The molecule has 0 saturated heterocycles. The summed E-state index contributed by atoms with van der Waals surface area (Å²) in [5, 5.41) is 0. The van der Waals surface area contributed by atoms with Crippen molar-refractivity contribution in [2.24, 2.45) is 5.73 Å². The van der Waals surface area contributed by atoms with Crippen molar-refractivity contribution < 1.29 is 33.3 Å². The molecule has 0 aliphatic rings. The lowest BCUT2D eigenvalue weighted by Crippen LogP contribution is -2.16. The zero-order valence-corrected chi connectivity index (χ0v) is 24.4. The quantitative estimate of drug-likeness (QED) is 0.282. The van der Waals surface area contributed by atoms with Gasteiger partial charge in [0, 0.05) is 29.6 Å². The molecule has 2 heterocycles. The van der Waals surface area contributed by atoms with Crippen LogP contribution in [-0.4, -0.2) is 54.3 Å². The zero-order chi connectivity index (χ0) is 30.1. The van der Waals surface area contributed by atoms with Gasteiger partial charge in [-0.1, -0.05) is 0 Å². The second-order valence-electron chi connectivity index (χ2n) is 8.07. The summed E-state index contributed by atoms with van der Waals surface area (Å²) in [5.41, 5.74) is 9.09. The Morgan fingerprint density at radius 2 is 1.36 bits per heavy atom. The van der Waals surface area contributed by atoms with E-state index in [4.69, 9.17) is 19.9 Å². The number of allylic oxidation sites excluding steroid dienone is 1. The van der Waals surface area contributed by atoms with Gasteiger partial charge in [0.2, 0.25) is 11.4 Å². The maximum atomic E-state index is 11.7. The molecule has 3 N–H and O–H groups in total. The molecule has 0 aliphatic carbocycles. The maximum absolute atomic E-state index is 11.7. The highest BCUT2D eigenvalue weighted by Gasteiger charge is 2.16. The maximum Gasteiger partial charge on any atom is 0.340 e. The number of ether oxygens (including phenoxy) is 4. The van der Waals surface area contributed by atoms with Gasteiger partial charge in [-0.25, -0.2) is 19.4 Å². The normalized spacial score (nSPS) is 10.2. The molecule has 11 heteroatoms. The van der Waals surface area contributed by atoms with Crippen molar-refractivity contribution in [3.05, 3.63) is 67.9 Å². The monoisotopic (exact) mass is 547 g/mol. The van der Waals surface area contributed by atoms with Crippen molar-refractivity contribution in [1.29, 1.82) is 0 Å². The van der Waals surface area contributed by atoms with Crippen LogP contribution in [0.15, 0.2) is 28.7 Å². The molecule has 0 atom stereocenters. The van der Waals surface area contributed by atoms with E-state index in [2.05, 4.69) is 14.7 Å². The Morgan fingerprint density at radius 1 is 0.846 bits per heavy atom. The molecule has 39 heavy (non-hydrogen) atoms. The number of hydrogen-bond acceptors (Lipinski definition) is 10. The van der Waals surface area contributed by atoms with Gasteiger partial charge in [0.15, 0.2) is 0 Å². The highest BCUT2D eigenvalue weighted by molar-refractivity contribution is 5.92. The third kappa shape index (κ3) is 12.8. The number of nitrogens with one attached hydrogen (secondary N) is 1. The molecule has 0 bridgehead atoms. The Hall–Kier alpha value is -4.15. The molecular formula is C28H41N3O8. The van der Waals surface area contributed by atoms with Crippen LogP contribution in [0, 0.1) is 27.7 Å². The van der Waals surface area contributed by atoms with Gasteiger partial charge >= 0.3 is 17.9 Å². The van der Waals surface area contributed by atoms with E-state index in [1.54, 1.807) is 54.5 Å². The molecule has 0 amide bonds. The topological polar surface area (TPSA) is 160 Å². The van der Waals surface area contributed by atoms with Crippen molar-refractivity contribution in [3.8, 4) is 5.88 Å². The van der Waals surface area contributed by atoms with Crippen LogP contribution in [-0.2, 0) is 19.0 Å². The van der Waals surface area contributed by atoms with Crippen LogP contribution in [0.2, 0.25) is 0 Å². The second-order valence-corrected chi connectivity index (χ2v) is 8.07. The van der Waals surface area contributed by atoms with Gasteiger partial charge in [0.1, 0.15) is 0 Å². The average Bonchev–Trinajstić information content (AvgIpc) is 2.79. The molecule has 0 aliphatic heterocycles. The minimum absolute atomic E-state index is 0.201. The summed E-state index contributed by atoms with van der Waals surface area (Å²) in [7, 11) is 0. The summed E-state index contributed by atoms with van der Waals surface area (Å²) in [5.74, 6) is -0.546. The summed E-state index contributed by atoms with van der Waals surface area (Å²) in [6.45, 7) is 17.5. The lowest BCUT2D eigenvalue weighted by molar-refractivity contribution is -0.137. The Labute approximate surface area is 229 Å². The predicted octanol–water partition coefficient (Wildman–Crippen LogP) is 3.85. The van der Waals surface area contributed by atoms with Gasteiger partial charge in [0.25, 0.3) is 0 Å². The molecule has 0 fully saturated rings. The van der Waals surface area contributed by atoms with Crippen LogP contribution in [0.25, 0.3) is 0 Å². The van der Waals surface area contributed by atoms with Crippen LogP contribution in [0.1, 0.15) is 77.8 Å². The van der Waals surface area contributed by atoms with Crippen molar-refractivity contribution in [3.63, 3.8) is 0 Å². The lowest BCUT2D eigenvalue weighted by Gasteiger charge is -2.10. The van der Waals surface area contributed by atoms with E-state index in [0.717, 1.165) is 5.56 Å². The smallest absolute Gasteiger partial charge is 0.340 e. The average molecular weight is 548 g/mol. The minimum atomic E-state index is -0.390. The fourth-order valence-corrected chi connectivity index (χ4v) is 3.27. The van der Waals surface area contributed by atoms with Crippen LogP contribution < -0.4 is 16.0 Å². The third-order valence-electron chi connectivity index (χ3n) is 4.69. The van der Waals surface area contributed by atoms with E-state index < -0.39 is 5.97 Å². The van der Waals surface area contributed by atoms with Crippen molar-refractivity contribution >= 4 is 17.9 Å². The fraction of sp³-hybridized carbons (Fsp3) is 0.464. The predicted molar refractivity (Wildman–Crippen MR) is 148 cm³/mol. The molecule has 0 aromatic carbocycles. The number of carbonyl (C=O) groups excluding carboxylic acids is 3. The first-order valence-corrected chi connectivity index (χ1v) is 12.6. The summed E-state index contributed by atoms with van der Waals surface area (Å²) < 4.78 is 19.7. The Morgan fingerprint density at radius 3 is 1.79 bits per heavy atom. The molecule has 2 aromatic heterocycles. The van der Waals surface area contributed by atoms with E-state index >= 15 is 0 Å². The van der Waals surface area contributed by atoms with Crippen molar-refractivity contribution in [1.82, 2.24) is 9.97 Å². The number of aromatic amines is 1. The molecule has 0 saturated carbocycles. The standard InChI is InChI=1S/C12H17NO3.C10H13NO3.C6H11NO2/c1-5-15-10-7-8(3)11(9(4)13-10)12(14)16-6-2;1-4-14-10(13)9-6(2)5-8(12)11-7(9)3;1-3-9-6(8)4-5(2)7/h7H,5-6H2,1-4H3;5H,4H2,1-3H3,(H,11,12);4H,3,7H2,1-2H3/b;;5-4+. The highest BCUT2D eigenvalue weighted by Crippen LogP contribution is 2.19. The number of hydrogen-bond donors (Lipinski definition) is 2. The Kier molecular flexibility index (Phi) is 16.2. The molecule has 216 valence electrons. The van der Waals surface area contributed by atoms with Crippen LogP contribution >= 0.6 is 0 Å². The SMILES string of the molecule is CCOC(=O)/C=C(\C)N.CCOC(=O)c1c(C)cc(=O)[nH]c1C.CCOC(=O)c1c(C)cc(OCC)nc1C. The number of esters is 3. The highest BCUT2D eigenvalue weighted by atomic mass is 16.5. The van der Waals surface area contributed by atoms with Crippen molar-refractivity contribution in [2.45, 2.75) is 62.3 Å². The van der Waals surface area contributed by atoms with E-state index in [0.29, 0.717) is 66.1 Å². The van der Waals surface area contributed by atoms with Crippen LogP contribution in [0.5, 0.6) is 5.88 Å². The van der Waals surface area contributed by atoms with E-state index in [1.807, 2.05) is 13.8 Å². The molecule has 0 radical (unpaired) electrons. The Balaban J connectivity index is 0.000000578. The molecular weight excluding hydrogens is 506 g/mol. The van der Waals surface area contributed by atoms with Gasteiger partial charge in [-0.15, -0.1) is 0 Å². The molecule has 11 nitrogen and oxygen atoms in total. The number of rotatable bonds is 8. The fourth-order valence-electron chi connectivity index (χ4n) is 3.27. The molecule has 0 spiro atoms. The van der Waals surface area contributed by atoms with Gasteiger partial charge in [-0.2, -0.15) is 0 Å². The van der Waals surface area contributed by atoms with Crippen LogP contribution in [0.3, 0.4) is 0 Å². The number of aryl methyl sites for hydroxylation is 4. The molecule has 2 aromatic rings. The Bertz CT molecular complexity index is 1150. The summed E-state index contributed by atoms with van der Waals surface area (Å²) >= 11 is 0. The number of aromatic nitrogens is 2. The summed E-state index contributed by atoms with van der Waals surface area (Å²) in [4.78, 5) is 51.4. The van der Waals surface area contributed by atoms with E-state index in [1.165, 1.54) is 12.1 Å². The zero-order valence-electron chi connectivity index (χ0n) is 24.4. The number of pyridine rings is 2. The third-order valence-corrected chi connectivity index (χ3v) is 4.69. The van der Waals surface area contributed by atoms with Gasteiger partial charge < -0.3 is 29.7 Å². The largest absolute Gasteiger partial charge is 0.478 e. The first-order chi connectivity index (χ1) is 18.3. The number of nitrogens with zero attached hydrogens (tertiary/aromatic N) is 1. The summed E-state index contributed by atoms with van der Waals surface area (Å²) in [6.07, 6.45) is 1.25. The molecule has 2 rings (SSSR count). The van der Waals surface area contributed by atoms with E-state index in [9.17, 15) is 19.2 Å². The number of carbonyl (C=O) groups is 3. The van der Waals surface area contributed by atoms with E-state index in [-0.39, 0.29) is 17.5 Å². The summed E-state index contributed by atoms with van der Waals surface area (Å²) in [6, 6.07) is 3.14. The second kappa shape index (κ2) is 18.2.